The highest BCUT2D eigenvalue weighted by atomic mass is 35.5. The first kappa shape index (κ1) is 14.0. The lowest BCUT2D eigenvalue weighted by Crippen LogP contribution is -2.19. The van der Waals surface area contributed by atoms with Crippen molar-refractivity contribution in [3.63, 3.8) is 0 Å². The predicted molar refractivity (Wildman–Crippen MR) is 79.9 cm³/mol. The first-order valence-electron chi connectivity index (χ1n) is 6.57. The molecule has 0 radical (unpaired) electrons. The summed E-state index contributed by atoms with van der Waals surface area (Å²) in [5, 5.41) is 7.89. The first-order valence-corrected chi connectivity index (χ1v) is 6.95. The Kier molecular flexibility index (Phi) is 3.86. The van der Waals surface area contributed by atoms with Crippen molar-refractivity contribution in [1.29, 1.82) is 0 Å². The molecule has 1 aromatic carbocycles. The Bertz CT molecular complexity index is 771. The maximum absolute atomic E-state index is 14.0. The number of likely N-dealkylation sites (N-methyl/N-ethyl adjacent to an activating group) is 1. The Labute approximate surface area is 126 Å². The van der Waals surface area contributed by atoms with Gasteiger partial charge in [-0.25, -0.2) is 8.91 Å². The standard InChI is InChI=1S/C15H14ClFN4/c1-18-14(6-10-2-3-11(16)7-13(10)17)12-8-20-21-5-4-19-9-15(12)21/h2-5,7-9,14,18H,6H2,1H3. The Morgan fingerprint density at radius 1 is 1.38 bits per heavy atom. The number of nitrogens with one attached hydrogen (secondary N) is 1. The zero-order chi connectivity index (χ0) is 14.8. The molecule has 0 aliphatic carbocycles. The van der Waals surface area contributed by atoms with Crippen LogP contribution in [-0.4, -0.2) is 21.6 Å². The van der Waals surface area contributed by atoms with E-state index in [0.29, 0.717) is 17.0 Å². The lowest BCUT2D eigenvalue weighted by molar-refractivity contribution is 0.556. The zero-order valence-electron chi connectivity index (χ0n) is 11.4. The number of fused-ring (bicyclic) bond motifs is 1. The minimum atomic E-state index is -0.294. The van der Waals surface area contributed by atoms with Crippen LogP contribution in [0.4, 0.5) is 4.39 Å². The van der Waals surface area contributed by atoms with Gasteiger partial charge in [0.05, 0.1) is 17.9 Å². The molecule has 108 valence electrons. The van der Waals surface area contributed by atoms with E-state index in [-0.39, 0.29) is 11.9 Å². The summed E-state index contributed by atoms with van der Waals surface area (Å²) < 4.78 is 15.7. The average Bonchev–Trinajstić information content (AvgIpc) is 2.91. The summed E-state index contributed by atoms with van der Waals surface area (Å²) in [6.07, 6.45) is 7.51. The van der Waals surface area contributed by atoms with Crippen LogP contribution in [0.15, 0.2) is 43.0 Å². The fraction of sp³-hybridized carbons (Fsp3) is 0.200. The largest absolute Gasteiger partial charge is 0.313 e. The number of nitrogens with zero attached hydrogens (tertiary/aromatic N) is 3. The summed E-state index contributed by atoms with van der Waals surface area (Å²) in [4.78, 5) is 4.12. The predicted octanol–water partition coefficient (Wildman–Crippen LogP) is 3.03. The molecule has 0 saturated carbocycles. The van der Waals surface area contributed by atoms with Gasteiger partial charge in [0.1, 0.15) is 5.82 Å². The highest BCUT2D eigenvalue weighted by molar-refractivity contribution is 6.30. The van der Waals surface area contributed by atoms with Crippen molar-refractivity contribution >= 4 is 17.1 Å². The van der Waals surface area contributed by atoms with Crippen molar-refractivity contribution in [3.05, 3.63) is 65.0 Å². The van der Waals surface area contributed by atoms with Crippen molar-refractivity contribution < 1.29 is 4.39 Å². The quantitative estimate of drug-likeness (QED) is 0.805. The van der Waals surface area contributed by atoms with E-state index < -0.39 is 0 Å². The SMILES string of the molecule is CNC(Cc1ccc(Cl)cc1F)c1cnn2ccncc12. The molecule has 2 heterocycles. The highest BCUT2D eigenvalue weighted by Gasteiger charge is 2.17. The Balaban J connectivity index is 1.95. The Morgan fingerprint density at radius 2 is 2.24 bits per heavy atom. The second kappa shape index (κ2) is 5.79. The number of halogens is 2. The van der Waals surface area contributed by atoms with E-state index in [9.17, 15) is 4.39 Å². The van der Waals surface area contributed by atoms with E-state index in [0.717, 1.165) is 11.1 Å². The molecule has 3 aromatic rings. The van der Waals surface area contributed by atoms with Crippen molar-refractivity contribution in [2.45, 2.75) is 12.5 Å². The maximum Gasteiger partial charge on any atom is 0.127 e. The number of hydrogen-bond acceptors (Lipinski definition) is 3. The van der Waals surface area contributed by atoms with Crippen LogP contribution in [0.2, 0.25) is 5.02 Å². The van der Waals surface area contributed by atoms with Crippen molar-refractivity contribution in [2.24, 2.45) is 0 Å². The third-order valence-electron chi connectivity index (χ3n) is 3.52. The Hall–Kier alpha value is -1.98. The third kappa shape index (κ3) is 2.75. The molecule has 0 aliphatic heterocycles. The molecule has 3 rings (SSSR count). The summed E-state index contributed by atoms with van der Waals surface area (Å²) in [7, 11) is 1.85. The molecule has 0 fully saturated rings. The number of aromatic nitrogens is 3. The molecule has 1 atom stereocenters. The maximum atomic E-state index is 14.0. The molecule has 0 aliphatic rings. The van der Waals surface area contributed by atoms with Gasteiger partial charge in [0.2, 0.25) is 0 Å². The summed E-state index contributed by atoms with van der Waals surface area (Å²) in [5.41, 5.74) is 2.51. The lowest BCUT2D eigenvalue weighted by Gasteiger charge is -2.16. The number of rotatable bonds is 4. The molecule has 0 saturated heterocycles. The van der Waals surface area contributed by atoms with E-state index in [1.807, 2.05) is 7.05 Å². The normalized spacial score (nSPS) is 12.7. The minimum absolute atomic E-state index is 0.0534. The van der Waals surface area contributed by atoms with Gasteiger partial charge < -0.3 is 5.32 Å². The van der Waals surface area contributed by atoms with Gasteiger partial charge in [0, 0.05) is 29.0 Å². The van der Waals surface area contributed by atoms with Crippen LogP contribution in [-0.2, 0) is 6.42 Å². The van der Waals surface area contributed by atoms with E-state index in [4.69, 9.17) is 11.6 Å². The first-order chi connectivity index (χ1) is 10.2. The average molecular weight is 305 g/mol. The second-order valence-electron chi connectivity index (χ2n) is 4.79. The Morgan fingerprint density at radius 3 is 3.00 bits per heavy atom. The molecule has 4 nitrogen and oxygen atoms in total. The lowest BCUT2D eigenvalue weighted by atomic mass is 10.00. The van der Waals surface area contributed by atoms with Gasteiger partial charge >= 0.3 is 0 Å². The van der Waals surface area contributed by atoms with E-state index in [1.54, 1.807) is 41.4 Å². The fourth-order valence-corrected chi connectivity index (χ4v) is 2.55. The summed E-state index contributed by atoms with van der Waals surface area (Å²) >= 11 is 5.79. The summed E-state index contributed by atoms with van der Waals surface area (Å²) in [5.74, 6) is -0.294. The molecule has 0 spiro atoms. The van der Waals surface area contributed by atoms with Crippen LogP contribution in [0, 0.1) is 5.82 Å². The van der Waals surface area contributed by atoms with Crippen molar-refractivity contribution in [1.82, 2.24) is 19.9 Å². The van der Waals surface area contributed by atoms with Crippen LogP contribution in [0.3, 0.4) is 0 Å². The van der Waals surface area contributed by atoms with Gasteiger partial charge in [-0.3, -0.25) is 4.98 Å². The highest BCUT2D eigenvalue weighted by Crippen LogP contribution is 2.24. The summed E-state index contributed by atoms with van der Waals surface area (Å²) in [6, 6.07) is 4.69. The molecule has 1 unspecified atom stereocenters. The third-order valence-corrected chi connectivity index (χ3v) is 3.75. The second-order valence-corrected chi connectivity index (χ2v) is 5.22. The molecule has 2 aromatic heterocycles. The van der Waals surface area contributed by atoms with Gasteiger partial charge in [-0.2, -0.15) is 5.10 Å². The number of benzene rings is 1. The fourth-order valence-electron chi connectivity index (χ4n) is 2.40. The van der Waals surface area contributed by atoms with Gasteiger partial charge in [-0.05, 0) is 31.2 Å². The monoisotopic (exact) mass is 304 g/mol. The van der Waals surface area contributed by atoms with Crippen LogP contribution in [0.5, 0.6) is 0 Å². The van der Waals surface area contributed by atoms with Gasteiger partial charge in [-0.1, -0.05) is 17.7 Å². The van der Waals surface area contributed by atoms with Crippen molar-refractivity contribution in [3.8, 4) is 0 Å². The molecule has 0 bridgehead atoms. The van der Waals surface area contributed by atoms with E-state index >= 15 is 0 Å². The summed E-state index contributed by atoms with van der Waals surface area (Å²) in [6.45, 7) is 0. The van der Waals surface area contributed by atoms with Gasteiger partial charge in [0.25, 0.3) is 0 Å². The molecule has 6 heteroatoms. The smallest absolute Gasteiger partial charge is 0.127 e. The van der Waals surface area contributed by atoms with Crippen LogP contribution < -0.4 is 5.32 Å². The molecular weight excluding hydrogens is 291 g/mol. The molecular formula is C15H14ClFN4. The number of hydrogen-bond donors (Lipinski definition) is 1. The molecule has 1 N–H and O–H groups in total. The minimum Gasteiger partial charge on any atom is -0.313 e. The molecule has 21 heavy (non-hydrogen) atoms. The zero-order valence-corrected chi connectivity index (χ0v) is 12.2. The van der Waals surface area contributed by atoms with Crippen molar-refractivity contribution in [2.75, 3.05) is 7.05 Å². The van der Waals surface area contributed by atoms with E-state index in [1.165, 1.54) is 6.07 Å². The van der Waals surface area contributed by atoms with Gasteiger partial charge in [-0.15, -0.1) is 0 Å². The van der Waals surface area contributed by atoms with Crippen LogP contribution >= 0.6 is 11.6 Å². The van der Waals surface area contributed by atoms with Crippen LogP contribution in [0.25, 0.3) is 5.52 Å². The molecule has 0 amide bonds. The topological polar surface area (TPSA) is 42.2 Å². The van der Waals surface area contributed by atoms with Crippen LogP contribution in [0.1, 0.15) is 17.2 Å². The van der Waals surface area contributed by atoms with E-state index in [2.05, 4.69) is 15.4 Å². The van der Waals surface area contributed by atoms with Gasteiger partial charge in [0.15, 0.2) is 0 Å².